The second kappa shape index (κ2) is 8.54. The van der Waals surface area contributed by atoms with E-state index in [1.807, 2.05) is 67.6 Å². The summed E-state index contributed by atoms with van der Waals surface area (Å²) in [6.45, 7) is 6.17. The zero-order chi connectivity index (χ0) is 24.0. The van der Waals surface area contributed by atoms with Crippen LogP contribution in [0.1, 0.15) is 48.1 Å². The van der Waals surface area contributed by atoms with Gasteiger partial charge in [-0.1, -0.05) is 91.4 Å². The highest BCUT2D eigenvalue weighted by Crippen LogP contribution is 2.44. The number of carbonyl (C=O) groups is 2. The van der Waals surface area contributed by atoms with Crippen LogP contribution in [0.25, 0.3) is 16.0 Å². The van der Waals surface area contributed by atoms with Crippen LogP contribution in [0.15, 0.2) is 78.4 Å². The fraction of sp³-hybridized carbons (Fsp3) is 0.179. The molecule has 1 aromatic heterocycles. The Balaban J connectivity index is 1.71. The highest BCUT2D eigenvalue weighted by molar-refractivity contribution is 7.22. The van der Waals surface area contributed by atoms with Crippen LogP contribution in [0.4, 0.5) is 5.13 Å². The standard InChI is InChI=1S/C28H24N2O3S/c1-16(2)18-12-14-19(15-13-18)24-23(25(31)20-10-8-17(3)9-11-20)26(32)27(33)30(24)28-29-21-6-4-5-7-22(21)34-28/h4-16,24,31H,1-3H3/b25-23+/t24-/m1/s1. The summed E-state index contributed by atoms with van der Waals surface area (Å²) >= 11 is 1.36. The molecule has 4 aromatic rings. The Bertz CT molecular complexity index is 1400. The van der Waals surface area contributed by atoms with Crippen molar-refractivity contribution in [2.45, 2.75) is 32.7 Å². The summed E-state index contributed by atoms with van der Waals surface area (Å²) in [4.78, 5) is 32.7. The number of hydrogen-bond acceptors (Lipinski definition) is 5. The molecule has 1 aliphatic heterocycles. The average Bonchev–Trinajstić information content (AvgIpc) is 3.37. The van der Waals surface area contributed by atoms with Crippen molar-refractivity contribution in [1.29, 1.82) is 0 Å². The third-order valence-corrected chi connectivity index (χ3v) is 7.21. The van der Waals surface area contributed by atoms with Gasteiger partial charge in [0.2, 0.25) is 0 Å². The number of rotatable bonds is 4. The van der Waals surface area contributed by atoms with Gasteiger partial charge < -0.3 is 5.11 Å². The van der Waals surface area contributed by atoms with Crippen LogP contribution in [0, 0.1) is 6.92 Å². The number of nitrogens with zero attached hydrogens (tertiary/aromatic N) is 2. The Morgan fingerprint density at radius 1 is 0.971 bits per heavy atom. The van der Waals surface area contributed by atoms with Crippen LogP contribution in [0.5, 0.6) is 0 Å². The number of Topliss-reactive ketones (excluding diaryl/α,β-unsaturated/α-hetero) is 1. The third kappa shape index (κ3) is 3.70. The molecule has 0 unspecified atom stereocenters. The molecular formula is C28H24N2O3S. The van der Waals surface area contributed by atoms with Crippen molar-refractivity contribution in [3.05, 3.63) is 101 Å². The largest absolute Gasteiger partial charge is 0.507 e. The highest BCUT2D eigenvalue weighted by Gasteiger charge is 2.48. The monoisotopic (exact) mass is 468 g/mol. The first kappa shape index (κ1) is 22.0. The number of aromatic nitrogens is 1. The van der Waals surface area contributed by atoms with Crippen molar-refractivity contribution in [3.8, 4) is 0 Å². The van der Waals surface area contributed by atoms with Crippen LogP contribution >= 0.6 is 11.3 Å². The molecule has 34 heavy (non-hydrogen) atoms. The van der Waals surface area contributed by atoms with Crippen molar-refractivity contribution in [1.82, 2.24) is 4.98 Å². The maximum Gasteiger partial charge on any atom is 0.301 e. The Hall–Kier alpha value is -3.77. The van der Waals surface area contributed by atoms with Crippen molar-refractivity contribution in [2.75, 3.05) is 4.90 Å². The van der Waals surface area contributed by atoms with Gasteiger partial charge in [-0.25, -0.2) is 4.98 Å². The summed E-state index contributed by atoms with van der Waals surface area (Å²) in [7, 11) is 0. The van der Waals surface area contributed by atoms with Crippen LogP contribution in [0.2, 0.25) is 0 Å². The molecule has 2 heterocycles. The zero-order valence-corrected chi connectivity index (χ0v) is 20.0. The summed E-state index contributed by atoms with van der Waals surface area (Å²) in [5.41, 5.74) is 4.27. The second-order valence-electron chi connectivity index (χ2n) is 8.82. The molecule has 6 heteroatoms. The first-order valence-corrected chi connectivity index (χ1v) is 12.0. The molecule has 0 bridgehead atoms. The predicted molar refractivity (Wildman–Crippen MR) is 136 cm³/mol. The molecule has 1 saturated heterocycles. The van der Waals surface area contributed by atoms with Gasteiger partial charge in [-0.2, -0.15) is 0 Å². The number of aliphatic hydroxyl groups excluding tert-OH is 1. The molecule has 5 nitrogen and oxygen atoms in total. The molecular weight excluding hydrogens is 444 g/mol. The van der Waals surface area contributed by atoms with Crippen LogP contribution in [-0.2, 0) is 9.59 Å². The lowest BCUT2D eigenvalue weighted by Crippen LogP contribution is -2.29. The summed E-state index contributed by atoms with van der Waals surface area (Å²) in [6.07, 6.45) is 0. The Morgan fingerprint density at radius 2 is 1.65 bits per heavy atom. The lowest BCUT2D eigenvalue weighted by atomic mass is 9.93. The minimum atomic E-state index is -0.775. The van der Waals surface area contributed by atoms with Gasteiger partial charge in [0.25, 0.3) is 5.78 Å². The number of para-hydroxylation sites is 1. The van der Waals surface area contributed by atoms with E-state index in [1.165, 1.54) is 16.2 Å². The van der Waals surface area contributed by atoms with Crippen LogP contribution < -0.4 is 4.90 Å². The van der Waals surface area contributed by atoms with E-state index < -0.39 is 17.7 Å². The van der Waals surface area contributed by atoms with Gasteiger partial charge in [0.05, 0.1) is 21.8 Å². The normalized spacial score (nSPS) is 17.8. The number of hydrogen-bond donors (Lipinski definition) is 1. The highest BCUT2D eigenvalue weighted by atomic mass is 32.1. The van der Waals surface area contributed by atoms with E-state index in [4.69, 9.17) is 0 Å². The van der Waals surface area contributed by atoms with Crippen molar-refractivity contribution >= 4 is 44.1 Å². The van der Waals surface area contributed by atoms with Gasteiger partial charge in [0.15, 0.2) is 5.13 Å². The van der Waals surface area contributed by atoms with Gasteiger partial charge in [-0.15, -0.1) is 0 Å². The SMILES string of the molecule is Cc1ccc(/C(O)=C2\C(=O)C(=O)N(c3nc4ccccc4s3)[C@@H]2c2ccc(C(C)C)cc2)cc1. The van der Waals surface area contributed by atoms with E-state index in [9.17, 15) is 14.7 Å². The first-order chi connectivity index (χ1) is 16.3. The number of benzene rings is 3. The van der Waals surface area contributed by atoms with E-state index in [0.29, 0.717) is 16.6 Å². The molecule has 1 aliphatic rings. The minimum Gasteiger partial charge on any atom is -0.507 e. The fourth-order valence-electron chi connectivity index (χ4n) is 4.24. The molecule has 0 radical (unpaired) electrons. The zero-order valence-electron chi connectivity index (χ0n) is 19.1. The molecule has 170 valence electrons. The lowest BCUT2D eigenvalue weighted by molar-refractivity contribution is -0.132. The smallest absolute Gasteiger partial charge is 0.301 e. The second-order valence-corrected chi connectivity index (χ2v) is 9.83. The number of ketones is 1. The van der Waals surface area contributed by atoms with E-state index in [2.05, 4.69) is 18.8 Å². The number of amides is 1. The van der Waals surface area contributed by atoms with E-state index >= 15 is 0 Å². The number of carbonyl (C=O) groups excluding carboxylic acids is 2. The van der Waals surface area contributed by atoms with Gasteiger partial charge in [0, 0.05) is 5.56 Å². The molecule has 1 fully saturated rings. The maximum absolute atomic E-state index is 13.3. The number of aryl methyl sites for hydroxylation is 1. The van der Waals surface area contributed by atoms with E-state index in [1.54, 1.807) is 12.1 Å². The van der Waals surface area contributed by atoms with Gasteiger partial charge in [-0.05, 0) is 36.1 Å². The molecule has 5 rings (SSSR count). The van der Waals surface area contributed by atoms with E-state index in [-0.39, 0.29) is 11.3 Å². The summed E-state index contributed by atoms with van der Waals surface area (Å²) in [6, 6.07) is 22.0. The summed E-state index contributed by atoms with van der Waals surface area (Å²) in [5, 5.41) is 11.7. The number of aliphatic hydroxyl groups is 1. The lowest BCUT2D eigenvalue weighted by Gasteiger charge is -2.23. The molecule has 1 amide bonds. The molecule has 0 saturated carbocycles. The summed E-state index contributed by atoms with van der Waals surface area (Å²) < 4.78 is 0.923. The van der Waals surface area contributed by atoms with Crippen molar-refractivity contribution in [3.63, 3.8) is 0 Å². The van der Waals surface area contributed by atoms with Crippen molar-refractivity contribution in [2.24, 2.45) is 0 Å². The summed E-state index contributed by atoms with van der Waals surface area (Å²) in [5.74, 6) is -1.24. The Labute approximate surface area is 202 Å². The van der Waals surface area contributed by atoms with Gasteiger partial charge in [-0.3, -0.25) is 14.5 Å². The molecule has 0 spiro atoms. The Morgan fingerprint density at radius 3 is 2.29 bits per heavy atom. The van der Waals surface area contributed by atoms with Gasteiger partial charge >= 0.3 is 5.91 Å². The predicted octanol–water partition coefficient (Wildman–Crippen LogP) is 6.35. The fourth-order valence-corrected chi connectivity index (χ4v) is 5.23. The molecule has 3 aromatic carbocycles. The maximum atomic E-state index is 13.3. The third-order valence-electron chi connectivity index (χ3n) is 6.18. The minimum absolute atomic E-state index is 0.0745. The topological polar surface area (TPSA) is 70.5 Å². The molecule has 1 N–H and O–H groups in total. The van der Waals surface area contributed by atoms with Crippen LogP contribution in [0.3, 0.4) is 0 Å². The first-order valence-electron chi connectivity index (χ1n) is 11.2. The number of thiazole rings is 1. The van der Waals surface area contributed by atoms with Gasteiger partial charge in [0.1, 0.15) is 5.76 Å². The Kier molecular flexibility index (Phi) is 5.54. The quantitative estimate of drug-likeness (QED) is 0.215. The van der Waals surface area contributed by atoms with Crippen LogP contribution in [-0.4, -0.2) is 21.8 Å². The number of anilines is 1. The number of fused-ring (bicyclic) bond motifs is 1. The average molecular weight is 469 g/mol. The molecule has 1 atom stereocenters. The molecule has 0 aliphatic carbocycles. The van der Waals surface area contributed by atoms with Crippen molar-refractivity contribution < 1.29 is 14.7 Å². The van der Waals surface area contributed by atoms with E-state index in [0.717, 1.165) is 26.9 Å².